The molecule has 0 unspecified atom stereocenters. The zero-order valence-corrected chi connectivity index (χ0v) is 8.98. The van der Waals surface area contributed by atoms with Gasteiger partial charge in [0.15, 0.2) is 0 Å². The van der Waals surface area contributed by atoms with Crippen molar-refractivity contribution < 1.29 is 0 Å². The van der Waals surface area contributed by atoms with Gasteiger partial charge in [-0.2, -0.15) is 0 Å². The van der Waals surface area contributed by atoms with E-state index in [9.17, 15) is 0 Å². The van der Waals surface area contributed by atoms with E-state index >= 15 is 0 Å². The summed E-state index contributed by atoms with van der Waals surface area (Å²) in [7, 11) is 0. The lowest BCUT2D eigenvalue weighted by Gasteiger charge is -2.04. The van der Waals surface area contributed by atoms with Crippen LogP contribution in [0.25, 0.3) is 0 Å². The number of benzene rings is 1. The summed E-state index contributed by atoms with van der Waals surface area (Å²) in [5.74, 6) is 0. The first kappa shape index (κ1) is 11.2. The molecular formula is C13H16N2. The highest BCUT2D eigenvalue weighted by Gasteiger charge is 1.90. The predicted molar refractivity (Wildman–Crippen MR) is 67.4 cm³/mol. The fourth-order valence-electron chi connectivity index (χ4n) is 1.04. The highest BCUT2D eigenvalue weighted by molar-refractivity contribution is 5.72. The molecule has 1 aromatic carbocycles. The Labute approximate surface area is 91.1 Å². The van der Waals surface area contributed by atoms with Gasteiger partial charge in [0.1, 0.15) is 0 Å². The molecule has 0 heterocycles. The fourth-order valence-corrected chi connectivity index (χ4v) is 1.04. The maximum Gasteiger partial charge on any atom is 0.0567 e. The van der Waals surface area contributed by atoms with Crippen molar-refractivity contribution in [2.24, 2.45) is 4.99 Å². The minimum absolute atomic E-state index is 0.665. The zero-order chi connectivity index (χ0) is 10.9. The predicted octanol–water partition coefficient (Wildman–Crippen LogP) is 3.26. The van der Waals surface area contributed by atoms with E-state index in [-0.39, 0.29) is 0 Å². The molecule has 1 N–H and O–H groups in total. The third-order valence-electron chi connectivity index (χ3n) is 1.81. The van der Waals surface area contributed by atoms with Crippen molar-refractivity contribution in [3.63, 3.8) is 0 Å². The first-order valence-corrected chi connectivity index (χ1v) is 4.95. The first-order valence-electron chi connectivity index (χ1n) is 4.95. The maximum atomic E-state index is 4.16. The number of allylic oxidation sites excluding steroid dienone is 2. The second-order valence-corrected chi connectivity index (χ2v) is 3.09. The molecule has 0 saturated carbocycles. The van der Waals surface area contributed by atoms with Crippen LogP contribution in [0, 0.1) is 0 Å². The van der Waals surface area contributed by atoms with E-state index in [4.69, 9.17) is 0 Å². The van der Waals surface area contributed by atoms with Crippen molar-refractivity contribution in [3.8, 4) is 0 Å². The highest BCUT2D eigenvalue weighted by atomic mass is 14.9. The van der Waals surface area contributed by atoms with Crippen molar-refractivity contribution in [2.75, 3.05) is 11.9 Å². The molecule has 0 amide bonds. The van der Waals surface area contributed by atoms with E-state index in [2.05, 4.69) is 16.9 Å². The average Bonchev–Trinajstić information content (AvgIpc) is 2.28. The minimum atomic E-state index is 0.665. The molecule has 0 fully saturated rings. The number of hydrogen-bond acceptors (Lipinski definition) is 2. The Morgan fingerprint density at radius 3 is 2.80 bits per heavy atom. The average molecular weight is 200 g/mol. The van der Waals surface area contributed by atoms with E-state index in [1.165, 1.54) is 0 Å². The number of nitrogens with one attached hydrogen (secondary N) is 1. The lowest BCUT2D eigenvalue weighted by Crippen LogP contribution is -2.02. The molecular weight excluding hydrogens is 184 g/mol. The SMILES string of the molecule is C=C(CNc1ccccc1)N=C/C=C\C. The van der Waals surface area contributed by atoms with Crippen molar-refractivity contribution in [3.05, 3.63) is 54.8 Å². The number of nitrogens with zero attached hydrogens (tertiary/aromatic N) is 1. The summed E-state index contributed by atoms with van der Waals surface area (Å²) >= 11 is 0. The van der Waals surface area contributed by atoms with Crippen LogP contribution in [0.4, 0.5) is 5.69 Å². The maximum absolute atomic E-state index is 4.16. The molecule has 1 aromatic rings. The van der Waals surface area contributed by atoms with Gasteiger partial charge >= 0.3 is 0 Å². The van der Waals surface area contributed by atoms with Crippen LogP contribution in [0.15, 0.2) is 59.8 Å². The van der Waals surface area contributed by atoms with Gasteiger partial charge in [-0.05, 0) is 25.1 Å². The molecule has 78 valence electrons. The van der Waals surface area contributed by atoms with Gasteiger partial charge in [0.2, 0.25) is 0 Å². The van der Waals surface area contributed by atoms with Gasteiger partial charge in [0, 0.05) is 11.9 Å². The van der Waals surface area contributed by atoms with Gasteiger partial charge in [0.25, 0.3) is 0 Å². The normalized spacial score (nSPS) is 11.0. The Hall–Kier alpha value is -1.83. The Morgan fingerprint density at radius 1 is 1.40 bits per heavy atom. The molecule has 0 radical (unpaired) electrons. The van der Waals surface area contributed by atoms with E-state index in [1.807, 2.05) is 49.4 Å². The number of anilines is 1. The van der Waals surface area contributed by atoms with Crippen LogP contribution < -0.4 is 5.32 Å². The van der Waals surface area contributed by atoms with Crippen LogP contribution >= 0.6 is 0 Å². The molecule has 15 heavy (non-hydrogen) atoms. The van der Waals surface area contributed by atoms with Crippen LogP contribution in [-0.4, -0.2) is 12.8 Å². The molecule has 0 aliphatic rings. The van der Waals surface area contributed by atoms with E-state index in [0.29, 0.717) is 6.54 Å². The summed E-state index contributed by atoms with van der Waals surface area (Å²) < 4.78 is 0. The van der Waals surface area contributed by atoms with Crippen LogP contribution in [0.3, 0.4) is 0 Å². The van der Waals surface area contributed by atoms with Gasteiger partial charge < -0.3 is 5.32 Å². The molecule has 0 spiro atoms. The largest absolute Gasteiger partial charge is 0.379 e. The zero-order valence-electron chi connectivity index (χ0n) is 8.98. The van der Waals surface area contributed by atoms with E-state index < -0.39 is 0 Å². The Bertz CT molecular complexity index is 350. The number of para-hydroxylation sites is 1. The van der Waals surface area contributed by atoms with Crippen LogP contribution in [0.2, 0.25) is 0 Å². The van der Waals surface area contributed by atoms with E-state index in [0.717, 1.165) is 11.4 Å². The summed E-state index contributed by atoms with van der Waals surface area (Å²) in [6, 6.07) is 10.0. The lowest BCUT2D eigenvalue weighted by atomic mass is 10.3. The lowest BCUT2D eigenvalue weighted by molar-refractivity contribution is 1.18. The Kier molecular flexibility index (Phi) is 4.95. The molecule has 2 heteroatoms. The van der Waals surface area contributed by atoms with Crippen LogP contribution in [0.5, 0.6) is 0 Å². The topological polar surface area (TPSA) is 24.4 Å². The smallest absolute Gasteiger partial charge is 0.0567 e. The molecule has 2 nitrogen and oxygen atoms in total. The van der Waals surface area contributed by atoms with Gasteiger partial charge in [-0.3, -0.25) is 4.99 Å². The molecule has 0 bridgehead atoms. The molecule has 0 atom stereocenters. The second-order valence-electron chi connectivity index (χ2n) is 3.09. The third-order valence-corrected chi connectivity index (χ3v) is 1.81. The van der Waals surface area contributed by atoms with Crippen molar-refractivity contribution in [1.82, 2.24) is 0 Å². The minimum Gasteiger partial charge on any atom is -0.379 e. The van der Waals surface area contributed by atoms with E-state index in [1.54, 1.807) is 6.21 Å². The van der Waals surface area contributed by atoms with Crippen molar-refractivity contribution >= 4 is 11.9 Å². The first-order chi connectivity index (χ1) is 7.33. The fraction of sp³-hybridized carbons (Fsp3) is 0.154. The summed E-state index contributed by atoms with van der Waals surface area (Å²) in [5.41, 5.74) is 1.90. The molecule has 0 aliphatic carbocycles. The second kappa shape index (κ2) is 6.60. The standard InChI is InChI=1S/C13H16N2/c1-3-4-10-14-12(2)11-15-13-8-6-5-7-9-13/h3-10,15H,2,11H2,1H3/b4-3-,14-10?. The van der Waals surface area contributed by atoms with Crippen LogP contribution in [0.1, 0.15) is 6.92 Å². The summed E-state index contributed by atoms with van der Waals surface area (Å²) in [6.45, 7) is 6.47. The van der Waals surface area contributed by atoms with Crippen LogP contribution in [-0.2, 0) is 0 Å². The molecule has 0 aliphatic heterocycles. The number of hydrogen-bond donors (Lipinski definition) is 1. The quantitative estimate of drug-likeness (QED) is 0.725. The summed E-state index contributed by atoms with van der Waals surface area (Å²) in [6.07, 6.45) is 5.56. The third kappa shape index (κ3) is 4.81. The highest BCUT2D eigenvalue weighted by Crippen LogP contribution is 2.05. The molecule has 0 saturated heterocycles. The van der Waals surface area contributed by atoms with Crippen molar-refractivity contribution in [2.45, 2.75) is 6.92 Å². The molecule has 0 aromatic heterocycles. The monoisotopic (exact) mass is 200 g/mol. The summed E-state index contributed by atoms with van der Waals surface area (Å²) in [4.78, 5) is 4.16. The van der Waals surface area contributed by atoms with Gasteiger partial charge in [0.05, 0.1) is 12.2 Å². The number of aliphatic imine (C=N–C) groups is 1. The van der Waals surface area contributed by atoms with Gasteiger partial charge in [-0.25, -0.2) is 0 Å². The summed E-state index contributed by atoms with van der Waals surface area (Å²) in [5, 5.41) is 3.23. The Balaban J connectivity index is 2.35. The molecule has 1 rings (SSSR count). The van der Waals surface area contributed by atoms with Gasteiger partial charge in [-0.15, -0.1) is 0 Å². The number of rotatable bonds is 5. The Morgan fingerprint density at radius 2 is 2.13 bits per heavy atom. The van der Waals surface area contributed by atoms with Crippen molar-refractivity contribution in [1.29, 1.82) is 0 Å². The van der Waals surface area contributed by atoms with Gasteiger partial charge in [-0.1, -0.05) is 30.9 Å².